The minimum atomic E-state index is -1.02. The highest BCUT2D eigenvalue weighted by Crippen LogP contribution is 2.33. The summed E-state index contributed by atoms with van der Waals surface area (Å²) in [5.74, 6) is -0.0267. The Morgan fingerprint density at radius 2 is 2.08 bits per heavy atom. The number of rotatable bonds is 4. The van der Waals surface area contributed by atoms with Gasteiger partial charge < -0.3 is 34.1 Å². The summed E-state index contributed by atoms with van der Waals surface area (Å²) in [6, 6.07) is 6.21. The molecule has 0 saturated carbocycles. The second-order valence-electron chi connectivity index (χ2n) is 6.85. The lowest BCUT2D eigenvalue weighted by molar-refractivity contribution is -0.361. The van der Waals surface area contributed by atoms with Gasteiger partial charge in [-0.15, -0.1) is 0 Å². The second kappa shape index (κ2) is 7.40. The van der Waals surface area contributed by atoms with E-state index in [0.717, 1.165) is 0 Å². The van der Waals surface area contributed by atoms with E-state index in [0.29, 0.717) is 11.5 Å². The van der Waals surface area contributed by atoms with Gasteiger partial charge in [0.05, 0.1) is 13.7 Å². The molecule has 0 unspecified atom stereocenters. The Bertz CT molecular complexity index is 650. The summed E-state index contributed by atoms with van der Waals surface area (Å²) in [6.07, 6.45) is -3.08. The summed E-state index contributed by atoms with van der Waals surface area (Å²) in [5.41, 5.74) is 0. The molecule has 0 spiro atoms. The molecule has 2 aliphatic heterocycles. The van der Waals surface area contributed by atoms with Crippen LogP contribution in [-0.2, 0) is 19.0 Å². The number of amides is 1. The number of carbonyl (C=O) groups is 1. The van der Waals surface area contributed by atoms with Crippen molar-refractivity contribution in [2.45, 2.75) is 57.2 Å². The van der Waals surface area contributed by atoms with Gasteiger partial charge in [-0.2, -0.15) is 0 Å². The van der Waals surface area contributed by atoms with Gasteiger partial charge in [-0.1, -0.05) is 6.07 Å². The number of hydrogen-bond acceptors (Lipinski definition) is 7. The van der Waals surface area contributed by atoms with Crippen molar-refractivity contribution in [1.29, 1.82) is 0 Å². The fourth-order valence-corrected chi connectivity index (χ4v) is 3.14. The largest absolute Gasteiger partial charge is 0.497 e. The third-order valence-corrected chi connectivity index (χ3v) is 4.35. The van der Waals surface area contributed by atoms with E-state index < -0.39 is 36.4 Å². The molecule has 3 rings (SSSR count). The number of hydrogen-bond donors (Lipinski definition) is 2. The summed E-state index contributed by atoms with van der Waals surface area (Å²) in [6.45, 7) is 5.15. The number of benzene rings is 1. The van der Waals surface area contributed by atoms with Crippen LogP contribution in [0.5, 0.6) is 11.5 Å². The average molecular weight is 367 g/mol. The van der Waals surface area contributed by atoms with Gasteiger partial charge in [0.2, 0.25) is 12.2 Å². The highest BCUT2D eigenvalue weighted by atomic mass is 16.8. The first-order valence-electron chi connectivity index (χ1n) is 8.52. The Balaban J connectivity index is 1.81. The van der Waals surface area contributed by atoms with Gasteiger partial charge in [0.25, 0.3) is 0 Å². The van der Waals surface area contributed by atoms with E-state index in [1.165, 1.54) is 6.92 Å². The molecule has 1 aromatic carbocycles. The number of aliphatic hydroxyl groups is 1. The van der Waals surface area contributed by atoms with E-state index in [9.17, 15) is 9.90 Å². The van der Waals surface area contributed by atoms with E-state index in [4.69, 9.17) is 23.7 Å². The average Bonchev–Trinajstić information content (AvgIpc) is 2.58. The quantitative estimate of drug-likeness (QED) is 0.813. The Morgan fingerprint density at radius 3 is 2.77 bits per heavy atom. The zero-order valence-corrected chi connectivity index (χ0v) is 15.3. The zero-order valence-electron chi connectivity index (χ0n) is 15.3. The van der Waals surface area contributed by atoms with E-state index in [1.54, 1.807) is 45.2 Å². The van der Waals surface area contributed by atoms with Crippen LogP contribution in [0.2, 0.25) is 0 Å². The fourth-order valence-electron chi connectivity index (χ4n) is 3.14. The molecule has 2 saturated heterocycles. The predicted molar refractivity (Wildman–Crippen MR) is 90.8 cm³/mol. The summed E-state index contributed by atoms with van der Waals surface area (Å²) in [4.78, 5) is 11.6. The van der Waals surface area contributed by atoms with Gasteiger partial charge in [-0.3, -0.25) is 4.79 Å². The molecule has 26 heavy (non-hydrogen) atoms. The number of ether oxygens (including phenoxy) is 5. The van der Waals surface area contributed by atoms with Crippen LogP contribution in [0.25, 0.3) is 0 Å². The maximum Gasteiger partial charge on any atom is 0.223 e. The molecular weight excluding hydrogens is 342 g/mol. The first kappa shape index (κ1) is 18.9. The van der Waals surface area contributed by atoms with Crippen molar-refractivity contribution in [3.63, 3.8) is 0 Å². The second-order valence-corrected chi connectivity index (χ2v) is 6.85. The van der Waals surface area contributed by atoms with Gasteiger partial charge >= 0.3 is 0 Å². The van der Waals surface area contributed by atoms with E-state index in [1.807, 2.05) is 0 Å². The molecule has 1 aromatic rings. The summed E-state index contributed by atoms with van der Waals surface area (Å²) < 4.78 is 28.5. The van der Waals surface area contributed by atoms with Crippen LogP contribution in [0, 0.1) is 0 Å². The van der Waals surface area contributed by atoms with E-state index in [-0.39, 0.29) is 12.5 Å². The first-order valence-corrected chi connectivity index (χ1v) is 8.52. The molecule has 2 heterocycles. The standard InChI is InChI=1S/C18H25NO7/c1-10(20)19-14-15(21)16-13(9-23-18(2,3)26-16)25-17(14)24-12-7-5-6-11(8-12)22-4/h5-8,13-17,21H,9H2,1-4H3,(H,19,20)/t13-,14-,15-,16+,17-/m1/s1. The molecule has 8 heteroatoms. The molecule has 144 valence electrons. The predicted octanol–water partition coefficient (Wildman–Crippen LogP) is 0.816. The Hall–Kier alpha value is -1.87. The third kappa shape index (κ3) is 4.09. The van der Waals surface area contributed by atoms with Crippen molar-refractivity contribution in [3.8, 4) is 11.5 Å². The highest BCUT2D eigenvalue weighted by molar-refractivity contribution is 5.73. The van der Waals surface area contributed by atoms with Gasteiger partial charge in [0, 0.05) is 13.0 Å². The maximum atomic E-state index is 11.6. The lowest BCUT2D eigenvalue weighted by atomic mass is 9.95. The van der Waals surface area contributed by atoms with Crippen molar-refractivity contribution in [2.75, 3.05) is 13.7 Å². The highest BCUT2D eigenvalue weighted by Gasteiger charge is 2.52. The van der Waals surface area contributed by atoms with Gasteiger partial charge in [-0.25, -0.2) is 0 Å². The SMILES string of the molecule is COc1cccc(O[C@@H]2O[C@@H]3COC(C)(C)O[C@@H]3[C@H](O)[C@H]2NC(C)=O)c1. The Morgan fingerprint density at radius 1 is 1.35 bits per heavy atom. The fraction of sp³-hybridized carbons (Fsp3) is 0.611. The van der Waals surface area contributed by atoms with Gasteiger partial charge in [0.1, 0.15) is 35.9 Å². The number of methoxy groups -OCH3 is 1. The minimum absolute atomic E-state index is 0.249. The van der Waals surface area contributed by atoms with E-state index in [2.05, 4.69) is 5.32 Å². The topological polar surface area (TPSA) is 95.5 Å². The van der Waals surface area contributed by atoms with Crippen LogP contribution < -0.4 is 14.8 Å². The molecule has 2 aliphatic rings. The van der Waals surface area contributed by atoms with Gasteiger partial charge in [0.15, 0.2) is 5.79 Å². The molecule has 5 atom stereocenters. The molecule has 2 fully saturated rings. The lowest BCUT2D eigenvalue weighted by Gasteiger charge is -2.49. The molecule has 8 nitrogen and oxygen atoms in total. The molecule has 2 N–H and O–H groups in total. The number of fused-ring (bicyclic) bond motifs is 1. The maximum absolute atomic E-state index is 11.6. The Labute approximate surface area is 152 Å². The van der Waals surface area contributed by atoms with Crippen LogP contribution in [0.3, 0.4) is 0 Å². The molecule has 0 aromatic heterocycles. The molecular formula is C18H25NO7. The molecule has 0 bridgehead atoms. The lowest BCUT2D eigenvalue weighted by Crippen LogP contribution is -2.69. The summed E-state index contributed by atoms with van der Waals surface area (Å²) >= 11 is 0. The van der Waals surface area contributed by atoms with Crippen molar-refractivity contribution in [2.24, 2.45) is 0 Å². The van der Waals surface area contributed by atoms with Crippen LogP contribution in [0.1, 0.15) is 20.8 Å². The van der Waals surface area contributed by atoms with Crippen molar-refractivity contribution in [1.82, 2.24) is 5.32 Å². The summed E-state index contributed by atoms with van der Waals surface area (Å²) in [5, 5.41) is 13.5. The van der Waals surface area contributed by atoms with Crippen molar-refractivity contribution >= 4 is 5.91 Å². The van der Waals surface area contributed by atoms with E-state index >= 15 is 0 Å². The van der Waals surface area contributed by atoms with Crippen LogP contribution in [-0.4, -0.2) is 61.2 Å². The number of carbonyl (C=O) groups excluding carboxylic acids is 1. The number of nitrogens with one attached hydrogen (secondary N) is 1. The van der Waals surface area contributed by atoms with Crippen molar-refractivity contribution in [3.05, 3.63) is 24.3 Å². The molecule has 0 aliphatic carbocycles. The third-order valence-electron chi connectivity index (χ3n) is 4.35. The normalized spacial score (nSPS) is 33.0. The van der Waals surface area contributed by atoms with Gasteiger partial charge in [-0.05, 0) is 26.0 Å². The van der Waals surface area contributed by atoms with Crippen molar-refractivity contribution < 1.29 is 33.6 Å². The van der Waals surface area contributed by atoms with Crippen LogP contribution in [0.15, 0.2) is 24.3 Å². The zero-order chi connectivity index (χ0) is 18.9. The Kier molecular flexibility index (Phi) is 5.38. The van der Waals surface area contributed by atoms with Crippen LogP contribution in [0.4, 0.5) is 0 Å². The molecule has 0 radical (unpaired) electrons. The smallest absolute Gasteiger partial charge is 0.223 e. The van der Waals surface area contributed by atoms with Crippen LogP contribution >= 0.6 is 0 Å². The number of aliphatic hydroxyl groups excluding tert-OH is 1. The molecule has 1 amide bonds. The minimum Gasteiger partial charge on any atom is -0.497 e. The first-order chi connectivity index (χ1) is 12.3. The summed E-state index contributed by atoms with van der Waals surface area (Å²) in [7, 11) is 1.56. The monoisotopic (exact) mass is 367 g/mol.